The summed E-state index contributed by atoms with van der Waals surface area (Å²) in [7, 11) is 0. The zero-order valence-corrected chi connectivity index (χ0v) is 13.5. The van der Waals surface area contributed by atoms with Crippen LogP contribution in [0.15, 0.2) is 22.7 Å². The van der Waals surface area contributed by atoms with Crippen molar-refractivity contribution in [2.24, 2.45) is 5.73 Å². The Hall–Kier alpha value is -0.0600. The summed E-state index contributed by atoms with van der Waals surface area (Å²) in [4.78, 5) is 0. The molecule has 106 valence electrons. The highest BCUT2D eigenvalue weighted by Crippen LogP contribution is 2.29. The van der Waals surface area contributed by atoms with Crippen LogP contribution in [-0.4, -0.2) is 17.0 Å². The first-order valence-electron chi connectivity index (χ1n) is 6.96. The largest absolute Gasteiger partial charge is 0.327 e. The van der Waals surface area contributed by atoms with Crippen LogP contribution in [0.5, 0.6) is 0 Å². The lowest BCUT2D eigenvalue weighted by Gasteiger charge is -2.22. The molecule has 0 bridgehead atoms. The lowest BCUT2D eigenvalue weighted by molar-refractivity contribution is 0.515. The minimum Gasteiger partial charge on any atom is -0.327 e. The summed E-state index contributed by atoms with van der Waals surface area (Å²) in [5.74, 6) is 0.776. The lowest BCUT2D eigenvalue weighted by Crippen LogP contribution is -2.27. The molecule has 1 atom stereocenters. The third-order valence-corrected chi connectivity index (χ3v) is 5.93. The molecule has 1 saturated carbocycles. The van der Waals surface area contributed by atoms with Crippen molar-refractivity contribution in [2.45, 2.75) is 49.8 Å². The molecule has 19 heavy (non-hydrogen) atoms. The van der Waals surface area contributed by atoms with Gasteiger partial charge in [0.05, 0.1) is 0 Å². The average molecular weight is 346 g/mol. The van der Waals surface area contributed by atoms with Crippen molar-refractivity contribution in [3.63, 3.8) is 0 Å². The van der Waals surface area contributed by atoms with Crippen LogP contribution < -0.4 is 5.73 Å². The molecule has 2 N–H and O–H groups in total. The fraction of sp³-hybridized carbons (Fsp3) is 0.600. The first kappa shape index (κ1) is 15.3. The summed E-state index contributed by atoms with van der Waals surface area (Å²) in [6.45, 7) is 0. The van der Waals surface area contributed by atoms with E-state index in [4.69, 9.17) is 5.73 Å². The van der Waals surface area contributed by atoms with Gasteiger partial charge in [-0.1, -0.05) is 35.2 Å². The van der Waals surface area contributed by atoms with Gasteiger partial charge in [0.1, 0.15) is 5.82 Å². The summed E-state index contributed by atoms with van der Waals surface area (Å²) in [5.41, 5.74) is 7.15. The number of benzene rings is 1. The fourth-order valence-corrected chi connectivity index (χ4v) is 4.24. The van der Waals surface area contributed by atoms with Crippen molar-refractivity contribution < 1.29 is 4.39 Å². The highest BCUT2D eigenvalue weighted by Gasteiger charge is 2.16. The number of rotatable bonds is 5. The molecule has 0 spiro atoms. The summed E-state index contributed by atoms with van der Waals surface area (Å²) >= 11 is 5.46. The molecular formula is C15H21BrFNS. The van der Waals surface area contributed by atoms with E-state index in [9.17, 15) is 4.39 Å². The van der Waals surface area contributed by atoms with Gasteiger partial charge in [0.2, 0.25) is 0 Å². The molecule has 0 radical (unpaired) electrons. The normalized spacial score (nSPS) is 18.5. The minimum absolute atomic E-state index is 0.102. The maximum atomic E-state index is 13.2. The lowest BCUT2D eigenvalue weighted by atomic mass is 10.0. The average Bonchev–Trinajstić information content (AvgIpc) is 2.42. The molecule has 1 aromatic carbocycles. The van der Waals surface area contributed by atoms with E-state index < -0.39 is 0 Å². The van der Waals surface area contributed by atoms with Crippen LogP contribution in [0.1, 0.15) is 37.7 Å². The van der Waals surface area contributed by atoms with E-state index in [1.807, 2.05) is 11.8 Å². The van der Waals surface area contributed by atoms with E-state index in [2.05, 4.69) is 15.9 Å². The number of hydrogen-bond acceptors (Lipinski definition) is 2. The molecule has 1 nitrogen and oxygen atoms in total. The SMILES string of the molecule is NC(CSC1CCCCC1)Cc1cc(F)ccc1Br. The Bertz CT molecular complexity index is 407. The van der Waals surface area contributed by atoms with E-state index in [1.165, 1.54) is 38.2 Å². The molecule has 1 unspecified atom stereocenters. The van der Waals surface area contributed by atoms with Gasteiger partial charge in [-0.2, -0.15) is 11.8 Å². The van der Waals surface area contributed by atoms with E-state index in [-0.39, 0.29) is 11.9 Å². The van der Waals surface area contributed by atoms with Crippen LogP contribution in [0.3, 0.4) is 0 Å². The van der Waals surface area contributed by atoms with Gasteiger partial charge in [-0.05, 0) is 43.0 Å². The van der Waals surface area contributed by atoms with Crippen LogP contribution in [0.2, 0.25) is 0 Å². The van der Waals surface area contributed by atoms with Gasteiger partial charge in [0, 0.05) is 21.5 Å². The van der Waals surface area contributed by atoms with Gasteiger partial charge in [-0.3, -0.25) is 0 Å². The van der Waals surface area contributed by atoms with Gasteiger partial charge >= 0.3 is 0 Å². The summed E-state index contributed by atoms with van der Waals surface area (Å²) < 4.78 is 14.2. The van der Waals surface area contributed by atoms with Gasteiger partial charge in [-0.25, -0.2) is 4.39 Å². The highest BCUT2D eigenvalue weighted by molar-refractivity contribution is 9.10. The molecule has 0 heterocycles. The number of halogens is 2. The second-order valence-electron chi connectivity index (χ2n) is 5.29. The molecule has 1 aliphatic carbocycles. The van der Waals surface area contributed by atoms with E-state index in [0.29, 0.717) is 0 Å². The summed E-state index contributed by atoms with van der Waals surface area (Å²) in [6.07, 6.45) is 7.52. The Kier molecular flexibility index (Phi) is 6.17. The van der Waals surface area contributed by atoms with Crippen molar-refractivity contribution in [3.8, 4) is 0 Å². The molecule has 1 fully saturated rings. The Morgan fingerprint density at radius 3 is 2.79 bits per heavy atom. The van der Waals surface area contributed by atoms with Gasteiger partial charge in [-0.15, -0.1) is 0 Å². The first-order valence-corrected chi connectivity index (χ1v) is 8.80. The number of thioether (sulfide) groups is 1. The minimum atomic E-state index is -0.190. The zero-order valence-electron chi connectivity index (χ0n) is 11.1. The number of nitrogens with two attached hydrogens (primary N) is 1. The zero-order chi connectivity index (χ0) is 13.7. The van der Waals surface area contributed by atoms with Gasteiger partial charge in [0.15, 0.2) is 0 Å². The molecule has 1 aromatic rings. The molecular weight excluding hydrogens is 325 g/mol. The van der Waals surface area contributed by atoms with Gasteiger partial charge < -0.3 is 5.73 Å². The molecule has 0 saturated heterocycles. The van der Waals surface area contributed by atoms with Crippen molar-refractivity contribution >= 4 is 27.7 Å². The topological polar surface area (TPSA) is 26.0 Å². The van der Waals surface area contributed by atoms with Crippen LogP contribution in [0.25, 0.3) is 0 Å². The second-order valence-corrected chi connectivity index (χ2v) is 7.48. The van der Waals surface area contributed by atoms with Crippen molar-refractivity contribution in [2.75, 3.05) is 5.75 Å². The van der Waals surface area contributed by atoms with Crippen LogP contribution in [-0.2, 0) is 6.42 Å². The highest BCUT2D eigenvalue weighted by atomic mass is 79.9. The quantitative estimate of drug-likeness (QED) is 0.848. The monoisotopic (exact) mass is 345 g/mol. The van der Waals surface area contributed by atoms with E-state index in [1.54, 1.807) is 12.1 Å². The molecule has 2 rings (SSSR count). The molecule has 0 amide bonds. The Morgan fingerprint density at radius 1 is 1.32 bits per heavy atom. The van der Waals surface area contributed by atoms with Crippen molar-refractivity contribution in [3.05, 3.63) is 34.1 Å². The standard InChI is InChI=1S/C15H21BrFNS/c16-15-7-6-12(17)8-11(15)9-13(18)10-19-14-4-2-1-3-5-14/h6-8,13-14H,1-5,9-10,18H2. The predicted molar refractivity (Wildman–Crippen MR) is 85.1 cm³/mol. The third kappa shape index (κ3) is 5.09. The fourth-order valence-electron chi connectivity index (χ4n) is 2.53. The first-order chi connectivity index (χ1) is 9.15. The molecule has 0 aromatic heterocycles. The maximum absolute atomic E-state index is 13.2. The molecule has 4 heteroatoms. The van der Waals surface area contributed by atoms with E-state index in [0.717, 1.165) is 27.5 Å². The number of hydrogen-bond donors (Lipinski definition) is 1. The predicted octanol–water partition coefficient (Wildman–Crippen LogP) is 4.52. The van der Waals surface area contributed by atoms with Crippen LogP contribution >= 0.6 is 27.7 Å². The summed E-state index contributed by atoms with van der Waals surface area (Å²) in [6, 6.07) is 4.90. The maximum Gasteiger partial charge on any atom is 0.123 e. The Balaban J connectivity index is 1.80. The molecule has 0 aliphatic heterocycles. The summed E-state index contributed by atoms with van der Waals surface area (Å²) in [5, 5.41) is 0.788. The Morgan fingerprint density at radius 2 is 2.05 bits per heavy atom. The van der Waals surface area contributed by atoms with Crippen molar-refractivity contribution in [1.29, 1.82) is 0 Å². The smallest absolute Gasteiger partial charge is 0.123 e. The van der Waals surface area contributed by atoms with Crippen LogP contribution in [0, 0.1) is 5.82 Å². The van der Waals surface area contributed by atoms with Crippen molar-refractivity contribution in [1.82, 2.24) is 0 Å². The molecule has 1 aliphatic rings. The second kappa shape index (κ2) is 7.65. The third-order valence-electron chi connectivity index (χ3n) is 3.59. The van der Waals surface area contributed by atoms with Gasteiger partial charge in [0.25, 0.3) is 0 Å². The van der Waals surface area contributed by atoms with Crippen LogP contribution in [0.4, 0.5) is 4.39 Å². The van der Waals surface area contributed by atoms with E-state index >= 15 is 0 Å². The Labute approximate surface area is 127 Å².